The van der Waals surface area contributed by atoms with Crippen LogP contribution in [-0.2, 0) is 4.79 Å². The molecule has 0 aromatic rings. The number of amides is 1. The number of hydrogen-bond acceptors (Lipinski definition) is 3. The molecule has 104 valence electrons. The van der Waals surface area contributed by atoms with E-state index in [4.69, 9.17) is 0 Å². The van der Waals surface area contributed by atoms with Crippen molar-refractivity contribution in [2.45, 2.75) is 25.2 Å². The molecule has 0 radical (unpaired) electrons. The molecule has 2 saturated heterocycles. The number of nitrogens with zero attached hydrogens (tertiary/aromatic N) is 1. The average molecular weight is 261 g/mol. The fourth-order valence-electron chi connectivity index (χ4n) is 2.46. The number of alkyl halides is 2. The van der Waals surface area contributed by atoms with Gasteiger partial charge >= 0.3 is 0 Å². The lowest BCUT2D eigenvalue weighted by molar-refractivity contribution is -0.124. The Labute approximate surface area is 106 Å². The monoisotopic (exact) mass is 261 g/mol. The number of likely N-dealkylation sites (tertiary alicyclic amines) is 1. The minimum Gasteiger partial charge on any atom is -0.355 e. The molecule has 2 rings (SSSR count). The van der Waals surface area contributed by atoms with Crippen LogP contribution in [0.1, 0.15) is 19.3 Å². The van der Waals surface area contributed by atoms with Crippen molar-refractivity contribution >= 4 is 5.91 Å². The largest absolute Gasteiger partial charge is 0.355 e. The Morgan fingerprint density at radius 2 is 2.11 bits per heavy atom. The van der Waals surface area contributed by atoms with Crippen LogP contribution in [-0.4, -0.2) is 56.0 Å². The quantitative estimate of drug-likeness (QED) is 0.772. The van der Waals surface area contributed by atoms with Gasteiger partial charge in [-0.15, -0.1) is 0 Å². The molecule has 0 aromatic carbocycles. The number of hydrogen-bond donors (Lipinski definition) is 2. The highest BCUT2D eigenvalue weighted by Crippen LogP contribution is 2.27. The van der Waals surface area contributed by atoms with Crippen molar-refractivity contribution in [3.05, 3.63) is 0 Å². The smallest absolute Gasteiger partial charge is 0.250 e. The van der Waals surface area contributed by atoms with Gasteiger partial charge in [-0.1, -0.05) is 0 Å². The molecule has 2 fully saturated rings. The highest BCUT2D eigenvalue weighted by molar-refractivity contribution is 5.79. The normalized spacial score (nSPS) is 28.2. The number of carbonyl (C=O) groups excluding carboxylic acids is 1. The van der Waals surface area contributed by atoms with Crippen LogP contribution < -0.4 is 10.6 Å². The first-order chi connectivity index (χ1) is 8.57. The summed E-state index contributed by atoms with van der Waals surface area (Å²) in [5, 5.41) is 6.03. The van der Waals surface area contributed by atoms with Crippen LogP contribution in [0.5, 0.6) is 0 Å². The van der Waals surface area contributed by atoms with Gasteiger partial charge < -0.3 is 15.5 Å². The zero-order valence-corrected chi connectivity index (χ0v) is 10.6. The Balaban J connectivity index is 1.59. The first-order valence-corrected chi connectivity index (χ1v) is 6.65. The molecular weight excluding hydrogens is 240 g/mol. The molecule has 2 heterocycles. The molecule has 0 unspecified atom stereocenters. The summed E-state index contributed by atoms with van der Waals surface area (Å²) >= 11 is 0. The van der Waals surface area contributed by atoms with Crippen LogP contribution >= 0.6 is 0 Å². The zero-order chi connectivity index (χ0) is 13.0. The minimum atomic E-state index is -2.49. The van der Waals surface area contributed by atoms with E-state index in [0.29, 0.717) is 26.2 Å². The van der Waals surface area contributed by atoms with E-state index in [2.05, 4.69) is 10.6 Å². The van der Waals surface area contributed by atoms with Crippen LogP contribution in [0, 0.1) is 5.92 Å². The lowest BCUT2D eigenvalue weighted by Crippen LogP contribution is -2.43. The van der Waals surface area contributed by atoms with Gasteiger partial charge in [-0.05, 0) is 13.0 Å². The standard InChI is InChI=1S/C12H21F2N3O/c13-12(14)2-6-17(7-3-12)8-5-16-11(18)10-1-4-15-9-10/h10,15H,1-9H2,(H,16,18)/t10-/m1/s1. The van der Waals surface area contributed by atoms with Gasteiger partial charge in [-0.2, -0.15) is 0 Å². The van der Waals surface area contributed by atoms with Crippen LogP contribution in [0.2, 0.25) is 0 Å². The predicted molar refractivity (Wildman–Crippen MR) is 64.6 cm³/mol. The number of halogens is 2. The molecule has 0 aliphatic carbocycles. The average Bonchev–Trinajstić information content (AvgIpc) is 2.85. The van der Waals surface area contributed by atoms with Crippen LogP contribution in [0.15, 0.2) is 0 Å². The van der Waals surface area contributed by atoms with Gasteiger partial charge in [-0.3, -0.25) is 4.79 Å². The number of nitrogens with one attached hydrogen (secondary N) is 2. The third kappa shape index (κ3) is 3.88. The second kappa shape index (κ2) is 5.93. The summed E-state index contributed by atoms with van der Waals surface area (Å²) in [7, 11) is 0. The van der Waals surface area contributed by atoms with Crippen molar-refractivity contribution in [3.8, 4) is 0 Å². The number of carbonyl (C=O) groups is 1. The molecule has 2 aliphatic rings. The third-order valence-corrected chi connectivity index (χ3v) is 3.75. The summed E-state index contributed by atoms with van der Waals surface area (Å²) in [5.41, 5.74) is 0. The summed E-state index contributed by atoms with van der Waals surface area (Å²) in [4.78, 5) is 13.7. The molecular formula is C12H21F2N3O. The van der Waals surface area contributed by atoms with E-state index in [1.807, 2.05) is 4.90 Å². The highest BCUT2D eigenvalue weighted by atomic mass is 19.3. The van der Waals surface area contributed by atoms with Gasteiger partial charge in [0, 0.05) is 45.6 Å². The lowest BCUT2D eigenvalue weighted by atomic mass is 10.1. The maximum Gasteiger partial charge on any atom is 0.250 e. The highest BCUT2D eigenvalue weighted by Gasteiger charge is 2.33. The Kier molecular flexibility index (Phi) is 4.50. The number of piperidine rings is 1. The minimum absolute atomic E-state index is 0.0620. The Hall–Kier alpha value is -0.750. The van der Waals surface area contributed by atoms with E-state index in [1.165, 1.54) is 0 Å². The SMILES string of the molecule is O=C(NCCN1CCC(F)(F)CC1)[C@@H]1CCNC1. The zero-order valence-electron chi connectivity index (χ0n) is 10.6. The topological polar surface area (TPSA) is 44.4 Å². The maximum absolute atomic E-state index is 12.9. The molecule has 0 aromatic heterocycles. The lowest BCUT2D eigenvalue weighted by Gasteiger charge is -2.31. The van der Waals surface area contributed by atoms with Gasteiger partial charge in [-0.25, -0.2) is 8.78 Å². The fraction of sp³-hybridized carbons (Fsp3) is 0.917. The van der Waals surface area contributed by atoms with Crippen molar-refractivity contribution in [1.29, 1.82) is 0 Å². The predicted octanol–water partition coefficient (Wildman–Crippen LogP) is 0.443. The van der Waals surface area contributed by atoms with E-state index in [9.17, 15) is 13.6 Å². The summed E-state index contributed by atoms with van der Waals surface area (Å²) in [6.07, 6.45) is 0.767. The van der Waals surface area contributed by atoms with Gasteiger partial charge in [0.2, 0.25) is 5.91 Å². The van der Waals surface area contributed by atoms with E-state index in [0.717, 1.165) is 19.5 Å². The van der Waals surface area contributed by atoms with Gasteiger partial charge in [0.05, 0.1) is 5.92 Å². The first kappa shape index (κ1) is 13.7. The van der Waals surface area contributed by atoms with Crippen molar-refractivity contribution in [2.24, 2.45) is 5.92 Å². The van der Waals surface area contributed by atoms with E-state index >= 15 is 0 Å². The molecule has 2 N–H and O–H groups in total. The molecule has 1 amide bonds. The van der Waals surface area contributed by atoms with Crippen LogP contribution in [0.3, 0.4) is 0 Å². The second-order valence-electron chi connectivity index (χ2n) is 5.18. The molecule has 0 spiro atoms. The molecule has 18 heavy (non-hydrogen) atoms. The van der Waals surface area contributed by atoms with E-state index in [-0.39, 0.29) is 24.7 Å². The maximum atomic E-state index is 12.9. The second-order valence-corrected chi connectivity index (χ2v) is 5.18. The van der Waals surface area contributed by atoms with Crippen molar-refractivity contribution in [2.75, 3.05) is 39.3 Å². The molecule has 2 aliphatic heterocycles. The fourth-order valence-corrected chi connectivity index (χ4v) is 2.46. The summed E-state index contributed by atoms with van der Waals surface area (Å²) in [6, 6.07) is 0. The number of rotatable bonds is 4. The Morgan fingerprint density at radius 1 is 1.39 bits per heavy atom. The molecule has 4 nitrogen and oxygen atoms in total. The Morgan fingerprint density at radius 3 is 2.72 bits per heavy atom. The molecule has 1 atom stereocenters. The molecule has 0 saturated carbocycles. The van der Waals surface area contributed by atoms with Crippen molar-refractivity contribution in [3.63, 3.8) is 0 Å². The van der Waals surface area contributed by atoms with Gasteiger partial charge in [0.25, 0.3) is 5.92 Å². The van der Waals surface area contributed by atoms with Crippen molar-refractivity contribution in [1.82, 2.24) is 15.5 Å². The van der Waals surface area contributed by atoms with Crippen LogP contribution in [0.25, 0.3) is 0 Å². The molecule has 6 heteroatoms. The summed E-state index contributed by atoms with van der Waals surface area (Å²) in [6.45, 7) is 3.73. The molecule has 0 bridgehead atoms. The van der Waals surface area contributed by atoms with Crippen molar-refractivity contribution < 1.29 is 13.6 Å². The van der Waals surface area contributed by atoms with Gasteiger partial charge in [0.1, 0.15) is 0 Å². The van der Waals surface area contributed by atoms with Gasteiger partial charge in [0.15, 0.2) is 0 Å². The Bertz CT molecular complexity index is 283. The third-order valence-electron chi connectivity index (χ3n) is 3.75. The van der Waals surface area contributed by atoms with E-state index < -0.39 is 5.92 Å². The first-order valence-electron chi connectivity index (χ1n) is 6.65. The summed E-state index contributed by atoms with van der Waals surface area (Å²) < 4.78 is 25.9. The summed E-state index contributed by atoms with van der Waals surface area (Å²) in [5.74, 6) is -2.33. The van der Waals surface area contributed by atoms with E-state index in [1.54, 1.807) is 0 Å². The van der Waals surface area contributed by atoms with Crippen LogP contribution in [0.4, 0.5) is 8.78 Å².